The molecule has 2 rings (SSSR count). The van der Waals surface area contributed by atoms with Gasteiger partial charge in [0.25, 0.3) is 0 Å². The number of nitrogen functional groups attached to an aromatic ring is 2. The molecule has 0 spiro atoms. The van der Waals surface area contributed by atoms with Crippen LogP contribution in [0.1, 0.15) is 5.56 Å². The van der Waals surface area contributed by atoms with Crippen LogP contribution in [0.25, 0.3) is 0 Å². The van der Waals surface area contributed by atoms with Crippen LogP contribution in [0.4, 0.5) is 11.6 Å². The summed E-state index contributed by atoms with van der Waals surface area (Å²) in [4.78, 5) is 8.26. The van der Waals surface area contributed by atoms with Crippen LogP contribution in [0, 0.1) is 0 Å². The van der Waals surface area contributed by atoms with Crippen LogP contribution < -0.4 is 25.7 Å². The Kier molecular flexibility index (Phi) is 5.16. The molecule has 22 heavy (non-hydrogen) atoms. The minimum absolute atomic E-state index is 0.347. The number of benzene rings is 1. The molecule has 0 saturated heterocycles. The first kappa shape index (κ1) is 16.0. The predicted octanol–water partition coefficient (Wildman–Crippen LogP) is 1.96. The molecule has 2 aromatic rings. The van der Waals surface area contributed by atoms with Gasteiger partial charge in [-0.15, -0.1) is 0 Å². The summed E-state index contributed by atoms with van der Waals surface area (Å²) in [5, 5.41) is 0.520. The van der Waals surface area contributed by atoms with Gasteiger partial charge in [-0.2, -0.15) is 0 Å². The van der Waals surface area contributed by atoms with Gasteiger partial charge < -0.3 is 25.7 Å². The summed E-state index contributed by atoms with van der Waals surface area (Å²) < 4.78 is 15.9. The Morgan fingerprint density at radius 3 is 1.91 bits per heavy atom. The number of nitrogens with two attached hydrogens (primary N) is 2. The lowest BCUT2D eigenvalue weighted by Crippen LogP contribution is -2.00. The summed E-state index contributed by atoms with van der Waals surface area (Å²) in [6.07, 6.45) is 0. The van der Waals surface area contributed by atoms with E-state index < -0.39 is 0 Å². The fourth-order valence-electron chi connectivity index (χ4n) is 1.89. The number of rotatable bonds is 6. The van der Waals surface area contributed by atoms with Crippen molar-refractivity contribution in [2.45, 2.75) is 10.9 Å². The molecule has 0 atom stereocenters. The summed E-state index contributed by atoms with van der Waals surface area (Å²) in [7, 11) is 4.73. The van der Waals surface area contributed by atoms with Gasteiger partial charge in [-0.1, -0.05) is 11.8 Å². The SMILES string of the molecule is COc1cc(CSc2nc(N)cc(N)n2)cc(OC)c1OC. The highest BCUT2D eigenvalue weighted by Gasteiger charge is 2.13. The molecule has 1 aromatic carbocycles. The average molecular weight is 322 g/mol. The first-order valence-electron chi connectivity index (χ1n) is 6.39. The van der Waals surface area contributed by atoms with Gasteiger partial charge in [0.15, 0.2) is 16.7 Å². The lowest BCUT2D eigenvalue weighted by atomic mass is 10.2. The summed E-state index contributed by atoms with van der Waals surface area (Å²) in [5.41, 5.74) is 12.3. The van der Waals surface area contributed by atoms with Crippen molar-refractivity contribution in [3.05, 3.63) is 23.8 Å². The fraction of sp³-hybridized carbons (Fsp3) is 0.286. The van der Waals surface area contributed by atoms with E-state index in [9.17, 15) is 0 Å². The van der Waals surface area contributed by atoms with Gasteiger partial charge in [0.05, 0.1) is 21.3 Å². The number of hydrogen-bond donors (Lipinski definition) is 2. The molecule has 0 aliphatic heterocycles. The molecule has 0 unspecified atom stereocenters. The monoisotopic (exact) mass is 322 g/mol. The van der Waals surface area contributed by atoms with E-state index in [1.54, 1.807) is 21.3 Å². The van der Waals surface area contributed by atoms with Crippen molar-refractivity contribution in [1.82, 2.24) is 9.97 Å². The average Bonchev–Trinajstić information content (AvgIpc) is 2.50. The van der Waals surface area contributed by atoms with Crippen LogP contribution in [-0.2, 0) is 5.75 Å². The summed E-state index contributed by atoms with van der Waals surface area (Å²) in [6, 6.07) is 5.28. The van der Waals surface area contributed by atoms with Gasteiger partial charge in [0, 0.05) is 11.8 Å². The highest BCUT2D eigenvalue weighted by Crippen LogP contribution is 2.39. The largest absolute Gasteiger partial charge is 0.493 e. The molecule has 1 heterocycles. The van der Waals surface area contributed by atoms with Crippen molar-refractivity contribution in [3.8, 4) is 17.2 Å². The lowest BCUT2D eigenvalue weighted by Gasteiger charge is -2.13. The highest BCUT2D eigenvalue weighted by molar-refractivity contribution is 7.98. The summed E-state index contributed by atoms with van der Waals surface area (Å²) >= 11 is 1.42. The standard InChI is InChI=1S/C14H18N4O3S/c1-19-9-4-8(5-10(20-2)13(9)21-3)7-22-14-17-11(15)6-12(16)18-14/h4-6H,7H2,1-3H3,(H4,15,16,17,18). The van der Waals surface area contributed by atoms with E-state index >= 15 is 0 Å². The molecule has 0 saturated carbocycles. The van der Waals surface area contributed by atoms with E-state index in [4.69, 9.17) is 25.7 Å². The van der Waals surface area contributed by atoms with Crippen molar-refractivity contribution in [2.24, 2.45) is 0 Å². The zero-order valence-electron chi connectivity index (χ0n) is 12.6. The van der Waals surface area contributed by atoms with Gasteiger partial charge in [-0.05, 0) is 17.7 Å². The molecule has 118 valence electrons. The van der Waals surface area contributed by atoms with Gasteiger partial charge in [0.2, 0.25) is 5.75 Å². The third-order valence-electron chi connectivity index (χ3n) is 2.84. The number of aromatic nitrogens is 2. The summed E-state index contributed by atoms with van der Waals surface area (Å²) in [5.74, 6) is 3.07. The molecule has 0 aliphatic carbocycles. The fourth-order valence-corrected chi connectivity index (χ4v) is 2.70. The second-order valence-corrected chi connectivity index (χ2v) is 5.27. The Bertz CT molecular complexity index is 621. The van der Waals surface area contributed by atoms with E-state index in [2.05, 4.69) is 9.97 Å². The zero-order valence-corrected chi connectivity index (χ0v) is 13.4. The van der Waals surface area contributed by atoms with Crippen LogP contribution >= 0.6 is 11.8 Å². The minimum Gasteiger partial charge on any atom is -0.493 e. The van der Waals surface area contributed by atoms with Crippen LogP contribution in [0.3, 0.4) is 0 Å². The Balaban J connectivity index is 2.22. The second kappa shape index (κ2) is 7.08. The number of hydrogen-bond acceptors (Lipinski definition) is 8. The smallest absolute Gasteiger partial charge is 0.203 e. The van der Waals surface area contributed by atoms with E-state index in [0.717, 1.165) is 5.56 Å². The lowest BCUT2D eigenvalue weighted by molar-refractivity contribution is 0.324. The highest BCUT2D eigenvalue weighted by atomic mass is 32.2. The molecule has 0 amide bonds. The molecule has 4 N–H and O–H groups in total. The third-order valence-corrected chi connectivity index (χ3v) is 3.76. The minimum atomic E-state index is 0.347. The van der Waals surface area contributed by atoms with Gasteiger partial charge in [-0.25, -0.2) is 9.97 Å². The Morgan fingerprint density at radius 1 is 0.909 bits per heavy atom. The molecular formula is C14H18N4O3S. The molecule has 8 heteroatoms. The maximum absolute atomic E-state index is 5.66. The quantitative estimate of drug-likeness (QED) is 0.614. The first-order chi connectivity index (χ1) is 10.6. The number of ether oxygens (including phenoxy) is 3. The third kappa shape index (κ3) is 3.64. The van der Waals surface area contributed by atoms with E-state index in [1.165, 1.54) is 17.8 Å². The van der Waals surface area contributed by atoms with Crippen LogP contribution in [0.15, 0.2) is 23.4 Å². The predicted molar refractivity (Wildman–Crippen MR) is 86.5 cm³/mol. The zero-order chi connectivity index (χ0) is 16.1. The van der Waals surface area contributed by atoms with Crippen molar-refractivity contribution < 1.29 is 14.2 Å². The molecule has 0 aliphatic rings. The Labute approximate surface area is 133 Å². The Morgan fingerprint density at radius 2 is 1.45 bits per heavy atom. The molecule has 7 nitrogen and oxygen atoms in total. The molecule has 0 radical (unpaired) electrons. The van der Waals surface area contributed by atoms with Crippen molar-refractivity contribution in [1.29, 1.82) is 0 Å². The van der Waals surface area contributed by atoms with Crippen LogP contribution in [0.5, 0.6) is 17.2 Å². The maximum atomic E-state index is 5.66. The number of nitrogens with zero attached hydrogens (tertiary/aromatic N) is 2. The van der Waals surface area contributed by atoms with Crippen molar-refractivity contribution >= 4 is 23.4 Å². The normalized spacial score (nSPS) is 10.3. The molecule has 1 aromatic heterocycles. The van der Waals surface area contributed by atoms with Crippen LogP contribution in [-0.4, -0.2) is 31.3 Å². The number of methoxy groups -OCH3 is 3. The van der Waals surface area contributed by atoms with E-state index in [0.29, 0.717) is 39.8 Å². The van der Waals surface area contributed by atoms with E-state index in [-0.39, 0.29) is 0 Å². The summed E-state index contributed by atoms with van der Waals surface area (Å²) in [6.45, 7) is 0. The van der Waals surface area contributed by atoms with Gasteiger partial charge in [-0.3, -0.25) is 0 Å². The van der Waals surface area contributed by atoms with Crippen molar-refractivity contribution in [2.75, 3.05) is 32.8 Å². The maximum Gasteiger partial charge on any atom is 0.203 e. The topological polar surface area (TPSA) is 106 Å². The molecule has 0 fully saturated rings. The Hall–Kier alpha value is -2.35. The van der Waals surface area contributed by atoms with Crippen LogP contribution in [0.2, 0.25) is 0 Å². The van der Waals surface area contributed by atoms with E-state index in [1.807, 2.05) is 12.1 Å². The van der Waals surface area contributed by atoms with Gasteiger partial charge >= 0.3 is 0 Å². The molecule has 0 bridgehead atoms. The van der Waals surface area contributed by atoms with Gasteiger partial charge in [0.1, 0.15) is 11.6 Å². The second-order valence-electron chi connectivity index (χ2n) is 4.32. The number of anilines is 2. The molecular weight excluding hydrogens is 304 g/mol. The number of thioether (sulfide) groups is 1. The first-order valence-corrected chi connectivity index (χ1v) is 7.37. The van der Waals surface area contributed by atoms with Crippen molar-refractivity contribution in [3.63, 3.8) is 0 Å².